The van der Waals surface area contributed by atoms with Crippen molar-refractivity contribution in [2.75, 3.05) is 50.8 Å². The van der Waals surface area contributed by atoms with Gasteiger partial charge in [-0.15, -0.1) is 0 Å². The molecule has 0 spiro atoms. The van der Waals surface area contributed by atoms with Gasteiger partial charge in [0.05, 0.1) is 5.57 Å². The van der Waals surface area contributed by atoms with Crippen molar-refractivity contribution in [2.24, 2.45) is 0 Å². The van der Waals surface area contributed by atoms with E-state index in [0.717, 1.165) is 35.6 Å². The van der Waals surface area contributed by atoms with Gasteiger partial charge < -0.3 is 14.5 Å². The topological polar surface area (TPSA) is 66.0 Å². The van der Waals surface area contributed by atoms with E-state index >= 15 is 0 Å². The van der Waals surface area contributed by atoms with Crippen LogP contribution < -0.4 is 4.90 Å². The Hall–Kier alpha value is -3.19. The van der Waals surface area contributed by atoms with Crippen molar-refractivity contribution >= 4 is 23.2 Å². The van der Waals surface area contributed by atoms with Gasteiger partial charge in [0.15, 0.2) is 0 Å². The minimum atomic E-state index is -0.207. The van der Waals surface area contributed by atoms with Crippen molar-refractivity contribution in [3.8, 4) is 0 Å². The zero-order valence-electron chi connectivity index (χ0n) is 19.7. The number of aryl methyl sites for hydroxylation is 2. The predicted molar refractivity (Wildman–Crippen MR) is 129 cm³/mol. The van der Waals surface area contributed by atoms with Crippen LogP contribution in [0, 0.1) is 13.8 Å². The molecule has 7 nitrogen and oxygen atoms in total. The van der Waals surface area contributed by atoms with E-state index in [1.54, 1.807) is 6.20 Å². The van der Waals surface area contributed by atoms with Crippen LogP contribution in [-0.4, -0.2) is 72.5 Å². The Balaban J connectivity index is 1.60. The number of amides is 2. The summed E-state index contributed by atoms with van der Waals surface area (Å²) in [6.45, 7) is 10.3. The lowest BCUT2D eigenvalue weighted by molar-refractivity contribution is -0.137. The number of rotatable bonds is 8. The molecule has 0 radical (unpaired) electrons. The molecule has 1 saturated heterocycles. The highest BCUT2D eigenvalue weighted by molar-refractivity contribution is 6.35. The first-order valence-electron chi connectivity index (χ1n) is 11.7. The van der Waals surface area contributed by atoms with Gasteiger partial charge in [0.1, 0.15) is 11.5 Å². The number of carbonyl (C=O) groups is 2. The van der Waals surface area contributed by atoms with Gasteiger partial charge in [-0.1, -0.05) is 24.3 Å². The Labute approximate surface area is 195 Å². The van der Waals surface area contributed by atoms with E-state index in [0.29, 0.717) is 50.5 Å². The number of pyridine rings is 1. The number of carbonyl (C=O) groups excluding carboxylic acids is 2. The van der Waals surface area contributed by atoms with E-state index in [2.05, 4.69) is 14.8 Å². The first-order valence-corrected chi connectivity index (χ1v) is 11.7. The maximum atomic E-state index is 13.5. The molecular weight excluding hydrogens is 416 g/mol. The highest BCUT2D eigenvalue weighted by Crippen LogP contribution is 2.33. The van der Waals surface area contributed by atoms with E-state index in [-0.39, 0.29) is 11.8 Å². The Bertz CT molecular complexity index is 1040. The van der Waals surface area contributed by atoms with Gasteiger partial charge in [0.2, 0.25) is 0 Å². The van der Waals surface area contributed by atoms with Gasteiger partial charge in [0.25, 0.3) is 11.8 Å². The van der Waals surface area contributed by atoms with Crippen LogP contribution in [0.5, 0.6) is 0 Å². The lowest BCUT2D eigenvalue weighted by Gasteiger charge is -2.37. The zero-order chi connectivity index (χ0) is 23.4. The Morgan fingerprint density at radius 1 is 0.939 bits per heavy atom. The molecule has 0 aliphatic carbocycles. The minimum Gasteiger partial charge on any atom is -0.382 e. The average Bonchev–Trinajstić information content (AvgIpc) is 3.09. The number of benzene rings is 1. The highest BCUT2D eigenvalue weighted by atomic mass is 16.5. The van der Waals surface area contributed by atoms with E-state index in [9.17, 15) is 9.59 Å². The molecule has 1 aromatic heterocycles. The molecule has 0 saturated carbocycles. The number of hydrogen-bond donors (Lipinski definition) is 0. The third kappa shape index (κ3) is 4.78. The summed E-state index contributed by atoms with van der Waals surface area (Å²) in [5, 5.41) is 0. The van der Waals surface area contributed by atoms with Crippen LogP contribution in [0.2, 0.25) is 0 Å². The Morgan fingerprint density at radius 2 is 1.70 bits per heavy atom. The number of hydrogen-bond acceptors (Lipinski definition) is 6. The zero-order valence-corrected chi connectivity index (χ0v) is 19.7. The fraction of sp³-hybridized carbons (Fsp3) is 0.423. The van der Waals surface area contributed by atoms with Gasteiger partial charge >= 0.3 is 0 Å². The predicted octanol–water partition coefficient (Wildman–Crippen LogP) is 3.03. The molecule has 0 bridgehead atoms. The second kappa shape index (κ2) is 10.2. The van der Waals surface area contributed by atoms with Crippen LogP contribution in [0.4, 0.5) is 5.82 Å². The molecule has 1 fully saturated rings. The second-order valence-corrected chi connectivity index (χ2v) is 8.50. The molecule has 2 aromatic rings. The molecule has 1 aromatic carbocycles. The van der Waals surface area contributed by atoms with Crippen molar-refractivity contribution < 1.29 is 14.3 Å². The van der Waals surface area contributed by atoms with Gasteiger partial charge in [-0.3, -0.25) is 14.5 Å². The summed E-state index contributed by atoms with van der Waals surface area (Å²) in [6, 6.07) is 11.9. The van der Waals surface area contributed by atoms with E-state index in [1.165, 1.54) is 4.90 Å². The summed E-state index contributed by atoms with van der Waals surface area (Å²) in [5.41, 5.74) is 4.13. The summed E-state index contributed by atoms with van der Waals surface area (Å²) in [4.78, 5) is 37.1. The molecule has 0 N–H and O–H groups in total. The molecule has 3 heterocycles. The SMILES string of the molecule is CCOCCCN1C(=O)C(c2ccc(C)c(C)c2)=C(N2CCN(c3ccccn3)CC2)C1=O. The number of anilines is 1. The summed E-state index contributed by atoms with van der Waals surface area (Å²) >= 11 is 0. The lowest BCUT2D eigenvalue weighted by atomic mass is 9.99. The average molecular weight is 449 g/mol. The summed E-state index contributed by atoms with van der Waals surface area (Å²) in [5.74, 6) is 0.532. The normalized spacial score (nSPS) is 16.9. The van der Waals surface area contributed by atoms with Crippen molar-refractivity contribution in [3.05, 3.63) is 65.0 Å². The molecule has 7 heteroatoms. The van der Waals surface area contributed by atoms with Gasteiger partial charge in [-0.25, -0.2) is 4.98 Å². The van der Waals surface area contributed by atoms with Gasteiger partial charge in [-0.2, -0.15) is 0 Å². The number of imide groups is 1. The minimum absolute atomic E-state index is 0.198. The largest absolute Gasteiger partial charge is 0.382 e. The molecule has 33 heavy (non-hydrogen) atoms. The summed E-state index contributed by atoms with van der Waals surface area (Å²) in [6.07, 6.45) is 2.42. The number of piperazine rings is 1. The Kier molecular flexibility index (Phi) is 7.08. The highest BCUT2D eigenvalue weighted by Gasteiger charge is 2.42. The number of nitrogens with zero attached hydrogens (tertiary/aromatic N) is 4. The van der Waals surface area contributed by atoms with Gasteiger partial charge in [0, 0.05) is 52.1 Å². The van der Waals surface area contributed by atoms with Crippen molar-refractivity contribution in [3.63, 3.8) is 0 Å². The number of aromatic nitrogens is 1. The standard InChI is InChI=1S/C26H32N4O3/c1-4-33-17-7-12-30-25(31)23(21-10-9-19(2)20(3)18-21)24(26(30)32)29-15-13-28(14-16-29)22-8-5-6-11-27-22/h5-6,8-11,18H,4,7,12-17H2,1-3H3. The van der Waals surface area contributed by atoms with Crippen molar-refractivity contribution in [1.82, 2.24) is 14.8 Å². The lowest BCUT2D eigenvalue weighted by Crippen LogP contribution is -2.48. The Morgan fingerprint density at radius 3 is 2.36 bits per heavy atom. The van der Waals surface area contributed by atoms with Crippen molar-refractivity contribution in [1.29, 1.82) is 0 Å². The quantitative estimate of drug-likeness (QED) is 0.457. The van der Waals surface area contributed by atoms with Crippen molar-refractivity contribution in [2.45, 2.75) is 27.2 Å². The fourth-order valence-corrected chi connectivity index (χ4v) is 4.39. The van der Waals surface area contributed by atoms with E-state index in [1.807, 2.05) is 57.2 Å². The molecule has 0 unspecified atom stereocenters. The maximum Gasteiger partial charge on any atom is 0.277 e. The third-order valence-corrected chi connectivity index (χ3v) is 6.38. The van der Waals surface area contributed by atoms with Crippen LogP contribution >= 0.6 is 0 Å². The fourth-order valence-electron chi connectivity index (χ4n) is 4.39. The van der Waals surface area contributed by atoms with Crippen LogP contribution in [0.1, 0.15) is 30.0 Å². The first kappa shape index (κ1) is 23.0. The van der Waals surface area contributed by atoms with Crippen LogP contribution in [0.25, 0.3) is 5.57 Å². The summed E-state index contributed by atoms with van der Waals surface area (Å²) in [7, 11) is 0. The third-order valence-electron chi connectivity index (χ3n) is 6.38. The van der Waals surface area contributed by atoms with E-state index < -0.39 is 0 Å². The van der Waals surface area contributed by atoms with Crippen LogP contribution in [0.15, 0.2) is 48.3 Å². The molecule has 2 aliphatic heterocycles. The van der Waals surface area contributed by atoms with Crippen LogP contribution in [-0.2, 0) is 14.3 Å². The smallest absolute Gasteiger partial charge is 0.277 e. The first-order chi connectivity index (χ1) is 16.0. The number of ether oxygens (including phenoxy) is 1. The molecule has 0 atom stereocenters. The second-order valence-electron chi connectivity index (χ2n) is 8.50. The van der Waals surface area contributed by atoms with Crippen LogP contribution in [0.3, 0.4) is 0 Å². The molecule has 174 valence electrons. The molecule has 2 aliphatic rings. The molecule has 2 amide bonds. The van der Waals surface area contributed by atoms with E-state index in [4.69, 9.17) is 4.74 Å². The molecule has 4 rings (SSSR count). The summed E-state index contributed by atoms with van der Waals surface area (Å²) < 4.78 is 5.42. The molecular formula is C26H32N4O3. The monoisotopic (exact) mass is 448 g/mol. The van der Waals surface area contributed by atoms with Gasteiger partial charge in [-0.05, 0) is 56.0 Å². The maximum absolute atomic E-state index is 13.5.